The predicted octanol–water partition coefficient (Wildman–Crippen LogP) is 1.60. The van der Waals surface area contributed by atoms with E-state index in [9.17, 15) is 24.6 Å². The van der Waals surface area contributed by atoms with Crippen molar-refractivity contribution < 1.29 is 34.1 Å². The molecule has 128 valence electrons. The number of ketones is 2. The number of rotatable bonds is 3. The Hall–Kier alpha value is -3.35. The average Bonchev–Trinajstić information content (AvgIpc) is 2.61. The first-order chi connectivity index (χ1) is 11.9. The maximum absolute atomic E-state index is 12.8. The van der Waals surface area contributed by atoms with Gasteiger partial charge in [0, 0.05) is 11.1 Å². The molecule has 0 fully saturated rings. The topological polar surface area (TPSA) is 110 Å². The third kappa shape index (κ3) is 2.40. The predicted molar refractivity (Wildman–Crippen MR) is 85.4 cm³/mol. The van der Waals surface area contributed by atoms with E-state index in [0.29, 0.717) is 0 Å². The van der Waals surface area contributed by atoms with Gasteiger partial charge in [0.15, 0.2) is 5.78 Å². The Morgan fingerprint density at radius 1 is 1.04 bits per heavy atom. The molecule has 25 heavy (non-hydrogen) atoms. The minimum absolute atomic E-state index is 0.00408. The van der Waals surface area contributed by atoms with Crippen molar-refractivity contribution in [2.45, 2.75) is 6.42 Å². The zero-order valence-corrected chi connectivity index (χ0v) is 13.5. The van der Waals surface area contributed by atoms with Gasteiger partial charge >= 0.3 is 5.97 Å². The van der Waals surface area contributed by atoms with Crippen LogP contribution < -0.4 is 4.74 Å². The number of methoxy groups -OCH3 is 2. The fourth-order valence-electron chi connectivity index (χ4n) is 2.91. The summed E-state index contributed by atoms with van der Waals surface area (Å²) in [5.74, 6) is -2.76. The van der Waals surface area contributed by atoms with Crippen LogP contribution in [0, 0.1) is 0 Å². The Bertz CT molecular complexity index is 928. The zero-order valence-electron chi connectivity index (χ0n) is 13.5. The summed E-state index contributed by atoms with van der Waals surface area (Å²) in [6, 6.07) is 5.59. The number of phenols is 2. The number of hydrogen-bond donors (Lipinski definition) is 2. The minimum atomic E-state index is -0.661. The van der Waals surface area contributed by atoms with Crippen molar-refractivity contribution in [3.05, 3.63) is 52.1 Å². The first-order valence-corrected chi connectivity index (χ1v) is 7.31. The van der Waals surface area contributed by atoms with Crippen LogP contribution in [0.1, 0.15) is 37.4 Å². The highest BCUT2D eigenvalue weighted by Gasteiger charge is 2.37. The van der Waals surface area contributed by atoms with E-state index in [1.807, 2.05) is 0 Å². The molecular weight excluding hydrogens is 328 g/mol. The lowest BCUT2D eigenvalue weighted by Gasteiger charge is -2.22. The second kappa shape index (κ2) is 5.94. The maximum Gasteiger partial charge on any atom is 0.310 e. The molecule has 1 aliphatic carbocycles. The van der Waals surface area contributed by atoms with E-state index in [1.165, 1.54) is 26.4 Å². The van der Waals surface area contributed by atoms with Gasteiger partial charge in [0.05, 0.1) is 37.3 Å². The van der Waals surface area contributed by atoms with E-state index in [4.69, 9.17) is 4.74 Å². The lowest BCUT2D eigenvalue weighted by molar-refractivity contribution is -0.139. The molecule has 0 heterocycles. The molecule has 3 rings (SSSR count). The average molecular weight is 342 g/mol. The highest BCUT2D eigenvalue weighted by molar-refractivity contribution is 6.31. The number of phenolic OH excluding ortho intramolecular Hbond substituents is 2. The number of benzene rings is 2. The van der Waals surface area contributed by atoms with Gasteiger partial charge in [-0.1, -0.05) is 12.1 Å². The summed E-state index contributed by atoms with van der Waals surface area (Å²) in [5.41, 5.74) is -0.562. The molecule has 0 amide bonds. The smallest absolute Gasteiger partial charge is 0.310 e. The molecule has 2 N–H and O–H groups in total. The Balaban J connectivity index is 2.26. The van der Waals surface area contributed by atoms with Crippen molar-refractivity contribution >= 4 is 17.5 Å². The number of carbonyl (C=O) groups is 3. The third-order valence-corrected chi connectivity index (χ3v) is 4.09. The molecule has 0 saturated heterocycles. The van der Waals surface area contributed by atoms with Crippen LogP contribution in [-0.2, 0) is 16.0 Å². The van der Waals surface area contributed by atoms with Gasteiger partial charge in [-0.3, -0.25) is 14.4 Å². The summed E-state index contributed by atoms with van der Waals surface area (Å²) in [6.45, 7) is 0. The number of esters is 1. The molecule has 0 aliphatic heterocycles. The molecule has 0 spiro atoms. The van der Waals surface area contributed by atoms with Crippen LogP contribution in [0.4, 0.5) is 0 Å². The van der Waals surface area contributed by atoms with Gasteiger partial charge in [-0.15, -0.1) is 0 Å². The molecule has 0 aromatic heterocycles. The van der Waals surface area contributed by atoms with Crippen LogP contribution in [0.25, 0.3) is 0 Å². The van der Waals surface area contributed by atoms with Crippen LogP contribution in [0.15, 0.2) is 24.3 Å². The van der Waals surface area contributed by atoms with E-state index in [1.54, 1.807) is 6.07 Å². The van der Waals surface area contributed by atoms with E-state index >= 15 is 0 Å². The van der Waals surface area contributed by atoms with Crippen LogP contribution in [0.5, 0.6) is 17.2 Å². The first-order valence-electron chi connectivity index (χ1n) is 7.31. The Morgan fingerprint density at radius 2 is 1.76 bits per heavy atom. The van der Waals surface area contributed by atoms with E-state index in [2.05, 4.69) is 4.74 Å². The van der Waals surface area contributed by atoms with E-state index in [0.717, 1.165) is 6.07 Å². The largest absolute Gasteiger partial charge is 0.507 e. The van der Waals surface area contributed by atoms with Crippen LogP contribution in [0.2, 0.25) is 0 Å². The van der Waals surface area contributed by atoms with E-state index < -0.39 is 29.0 Å². The van der Waals surface area contributed by atoms with Gasteiger partial charge in [0.25, 0.3) is 0 Å². The number of carbonyl (C=O) groups excluding carboxylic acids is 3. The van der Waals surface area contributed by atoms with Crippen molar-refractivity contribution in [1.82, 2.24) is 0 Å². The molecular formula is C18H14O7. The molecule has 0 atom stereocenters. The molecule has 2 aromatic rings. The maximum atomic E-state index is 12.8. The lowest BCUT2D eigenvalue weighted by Crippen LogP contribution is -2.22. The van der Waals surface area contributed by atoms with Gasteiger partial charge in [-0.2, -0.15) is 0 Å². The van der Waals surface area contributed by atoms with Gasteiger partial charge < -0.3 is 19.7 Å². The molecule has 7 nitrogen and oxygen atoms in total. The number of hydrogen-bond acceptors (Lipinski definition) is 7. The van der Waals surface area contributed by atoms with Gasteiger partial charge in [0.2, 0.25) is 5.78 Å². The van der Waals surface area contributed by atoms with Crippen LogP contribution in [-0.4, -0.2) is 42.0 Å². The molecule has 7 heteroatoms. The summed E-state index contributed by atoms with van der Waals surface area (Å²) in [5, 5.41) is 20.7. The number of ether oxygens (including phenoxy) is 2. The molecule has 0 radical (unpaired) electrons. The quantitative estimate of drug-likeness (QED) is 0.549. The second-order valence-corrected chi connectivity index (χ2v) is 5.45. The summed E-state index contributed by atoms with van der Waals surface area (Å²) < 4.78 is 9.66. The summed E-state index contributed by atoms with van der Waals surface area (Å²) in [6.07, 6.45) is -0.352. The SMILES string of the molecule is COC(=O)Cc1cc(O)c2c(c1O)C(=O)c1cccc(OC)c1C2=O. The van der Waals surface area contributed by atoms with Crippen LogP contribution in [0.3, 0.4) is 0 Å². The minimum Gasteiger partial charge on any atom is -0.507 e. The van der Waals surface area contributed by atoms with Gasteiger partial charge in [-0.25, -0.2) is 0 Å². The normalized spacial score (nSPS) is 12.4. The highest BCUT2D eigenvalue weighted by Crippen LogP contribution is 2.42. The van der Waals surface area contributed by atoms with Crippen LogP contribution >= 0.6 is 0 Å². The standard InChI is InChI=1S/C18H14O7/c1-24-11-5-3-4-9-13(11)18(23)14-10(19)6-8(7-12(20)25-2)16(21)15(14)17(9)22/h3-6,19,21H,7H2,1-2H3. The Kier molecular flexibility index (Phi) is 3.92. The van der Waals surface area contributed by atoms with Crippen molar-refractivity contribution in [3.63, 3.8) is 0 Å². The molecule has 2 aromatic carbocycles. The molecule has 0 bridgehead atoms. The van der Waals surface area contributed by atoms with Crippen molar-refractivity contribution in [2.24, 2.45) is 0 Å². The summed E-state index contributed by atoms with van der Waals surface area (Å²) in [7, 11) is 2.54. The number of fused-ring (bicyclic) bond motifs is 2. The Morgan fingerprint density at radius 3 is 2.40 bits per heavy atom. The molecule has 0 saturated carbocycles. The number of aromatic hydroxyl groups is 2. The van der Waals surface area contributed by atoms with E-state index in [-0.39, 0.29) is 40.0 Å². The van der Waals surface area contributed by atoms with Gasteiger partial charge in [0.1, 0.15) is 17.2 Å². The van der Waals surface area contributed by atoms with Gasteiger partial charge in [-0.05, 0) is 12.1 Å². The third-order valence-electron chi connectivity index (χ3n) is 4.09. The summed E-state index contributed by atoms with van der Waals surface area (Å²) >= 11 is 0. The first kappa shape index (κ1) is 16.5. The Labute approximate surface area is 142 Å². The second-order valence-electron chi connectivity index (χ2n) is 5.45. The van der Waals surface area contributed by atoms with Crippen molar-refractivity contribution in [1.29, 1.82) is 0 Å². The van der Waals surface area contributed by atoms with Crippen molar-refractivity contribution in [3.8, 4) is 17.2 Å². The highest BCUT2D eigenvalue weighted by atomic mass is 16.5. The fourth-order valence-corrected chi connectivity index (χ4v) is 2.91. The summed E-state index contributed by atoms with van der Waals surface area (Å²) in [4.78, 5) is 37.1. The molecule has 1 aliphatic rings. The monoisotopic (exact) mass is 342 g/mol. The molecule has 0 unspecified atom stereocenters. The van der Waals surface area contributed by atoms with Crippen molar-refractivity contribution in [2.75, 3.05) is 14.2 Å². The fraction of sp³-hybridized carbons (Fsp3) is 0.167. The zero-order chi connectivity index (χ0) is 18.3. The lowest BCUT2D eigenvalue weighted by atomic mass is 9.81.